The molecule has 3 rings (SSSR count). The van der Waals surface area contributed by atoms with Crippen LogP contribution in [0.2, 0.25) is 0 Å². The Morgan fingerprint density at radius 1 is 0.795 bits per heavy atom. The summed E-state index contributed by atoms with van der Waals surface area (Å²) in [5.74, 6) is -3.54. The number of nitrogens with one attached hydrogen (secondary N) is 1. The Labute approximate surface area is 259 Å². The average molecular weight is 601 g/mol. The third-order valence-electron chi connectivity index (χ3n) is 7.69. The van der Waals surface area contributed by atoms with Crippen molar-refractivity contribution in [3.8, 4) is 0 Å². The zero-order chi connectivity index (χ0) is 32.4. The number of hydrogen-bond acceptors (Lipinski definition) is 5. The number of carboxylic acid groups (broad SMARTS) is 1. The lowest BCUT2D eigenvalue weighted by atomic mass is 9.73. The predicted octanol–water partition coefficient (Wildman–Crippen LogP) is 4.04. The molecule has 0 saturated carbocycles. The highest BCUT2D eigenvalue weighted by atomic mass is 16.4. The van der Waals surface area contributed by atoms with Gasteiger partial charge in [-0.3, -0.25) is 14.4 Å². The van der Waals surface area contributed by atoms with Crippen LogP contribution in [0.4, 0.5) is 0 Å². The van der Waals surface area contributed by atoms with E-state index < -0.39 is 53.3 Å². The zero-order valence-corrected chi connectivity index (χ0v) is 25.9. The lowest BCUT2D eigenvalue weighted by Crippen LogP contribution is -2.64. The lowest BCUT2D eigenvalue weighted by molar-refractivity contribution is -0.158. The number of amides is 3. The number of carboxylic acids is 1. The minimum Gasteiger partial charge on any atom is -0.480 e. The molecule has 9 nitrogen and oxygen atoms in total. The molecule has 0 aromatic heterocycles. The molecule has 0 aliphatic carbocycles. The van der Waals surface area contributed by atoms with E-state index in [1.165, 1.54) is 4.90 Å². The molecule has 3 aromatic rings. The zero-order valence-electron chi connectivity index (χ0n) is 25.9. The van der Waals surface area contributed by atoms with E-state index in [9.17, 15) is 19.5 Å². The Morgan fingerprint density at radius 2 is 1.23 bits per heavy atom. The molecule has 0 bridgehead atoms. The highest BCUT2D eigenvalue weighted by molar-refractivity contribution is 5.93. The number of nitrogens with two attached hydrogens (primary N) is 2. The molecule has 0 aliphatic heterocycles. The summed E-state index contributed by atoms with van der Waals surface area (Å²) in [5, 5.41) is 13.5. The first-order valence-electron chi connectivity index (χ1n) is 15.0. The summed E-state index contributed by atoms with van der Waals surface area (Å²) in [6.45, 7) is 7.33. The predicted molar refractivity (Wildman–Crippen MR) is 170 cm³/mol. The first-order chi connectivity index (χ1) is 20.9. The van der Waals surface area contributed by atoms with E-state index in [1.54, 1.807) is 13.8 Å². The van der Waals surface area contributed by atoms with Gasteiger partial charge in [-0.2, -0.15) is 0 Å². The molecule has 3 atom stereocenters. The second-order valence-corrected chi connectivity index (χ2v) is 11.8. The van der Waals surface area contributed by atoms with E-state index >= 15 is 4.79 Å². The third kappa shape index (κ3) is 7.71. The quantitative estimate of drug-likeness (QED) is 0.193. The van der Waals surface area contributed by atoms with Crippen molar-refractivity contribution < 1.29 is 24.3 Å². The molecule has 6 N–H and O–H groups in total. The molecule has 0 spiro atoms. The van der Waals surface area contributed by atoms with Crippen LogP contribution in [0.15, 0.2) is 91.0 Å². The van der Waals surface area contributed by atoms with Crippen molar-refractivity contribution in [2.24, 2.45) is 23.3 Å². The van der Waals surface area contributed by atoms with Crippen molar-refractivity contribution in [3.05, 3.63) is 108 Å². The molecule has 9 heteroatoms. The molecule has 3 aromatic carbocycles. The van der Waals surface area contributed by atoms with Gasteiger partial charge >= 0.3 is 5.97 Å². The summed E-state index contributed by atoms with van der Waals surface area (Å²) in [5.41, 5.74) is 12.2. The van der Waals surface area contributed by atoms with Gasteiger partial charge in [0.05, 0.1) is 6.04 Å². The Balaban J connectivity index is 2.41. The second kappa shape index (κ2) is 15.3. The minimum atomic E-state index is -1.45. The smallest absolute Gasteiger partial charge is 0.326 e. The van der Waals surface area contributed by atoms with Crippen LogP contribution in [0.3, 0.4) is 0 Å². The second-order valence-electron chi connectivity index (χ2n) is 11.8. The third-order valence-corrected chi connectivity index (χ3v) is 7.69. The SMILES string of the molecule is CC(C)C[C@H](N)C(=O)N[C@@H](CCC(N)=O)C(=O)N([C@H](C(=O)O)C(C)C)C(c1ccccc1)(c1ccccc1)c1ccccc1. The number of nitrogens with zero attached hydrogens (tertiary/aromatic N) is 1. The molecule has 3 amide bonds. The largest absolute Gasteiger partial charge is 0.480 e. The van der Waals surface area contributed by atoms with Gasteiger partial charge in [0, 0.05) is 6.42 Å². The van der Waals surface area contributed by atoms with Gasteiger partial charge in [0.2, 0.25) is 17.7 Å². The number of carbonyl (C=O) groups excluding carboxylic acids is 3. The summed E-state index contributed by atoms with van der Waals surface area (Å²) in [4.78, 5) is 54.9. The molecule has 0 saturated heterocycles. The molecule has 234 valence electrons. The van der Waals surface area contributed by atoms with Crippen LogP contribution < -0.4 is 16.8 Å². The Hall–Kier alpha value is -4.50. The fourth-order valence-electron chi connectivity index (χ4n) is 5.77. The van der Waals surface area contributed by atoms with Gasteiger partial charge in [-0.1, -0.05) is 119 Å². The van der Waals surface area contributed by atoms with Crippen molar-refractivity contribution in [3.63, 3.8) is 0 Å². The molecule has 0 unspecified atom stereocenters. The van der Waals surface area contributed by atoms with Crippen LogP contribution in [0.1, 0.15) is 63.6 Å². The maximum Gasteiger partial charge on any atom is 0.326 e. The monoisotopic (exact) mass is 600 g/mol. The fraction of sp³-hybridized carbons (Fsp3) is 0.371. The number of rotatable bonds is 15. The fourth-order valence-corrected chi connectivity index (χ4v) is 5.77. The molecule has 0 aliphatic rings. The van der Waals surface area contributed by atoms with Crippen molar-refractivity contribution >= 4 is 23.7 Å². The van der Waals surface area contributed by atoms with E-state index in [0.29, 0.717) is 23.1 Å². The van der Waals surface area contributed by atoms with Crippen LogP contribution in [-0.4, -0.2) is 51.8 Å². The molecule has 0 radical (unpaired) electrons. The Kier molecular flexibility index (Phi) is 11.8. The van der Waals surface area contributed by atoms with Gasteiger partial charge in [0.25, 0.3) is 0 Å². The highest BCUT2D eigenvalue weighted by Gasteiger charge is 2.52. The van der Waals surface area contributed by atoms with E-state index in [1.807, 2.05) is 105 Å². The van der Waals surface area contributed by atoms with Crippen molar-refractivity contribution in [1.82, 2.24) is 10.2 Å². The number of hydrogen-bond donors (Lipinski definition) is 4. The first kappa shape index (κ1) is 34.0. The topological polar surface area (TPSA) is 156 Å². The van der Waals surface area contributed by atoms with Crippen LogP contribution in [0, 0.1) is 11.8 Å². The number of primary amides is 1. The van der Waals surface area contributed by atoms with Gasteiger partial charge in [0.15, 0.2) is 0 Å². The van der Waals surface area contributed by atoms with Gasteiger partial charge in [-0.25, -0.2) is 4.79 Å². The summed E-state index contributed by atoms with van der Waals surface area (Å²) < 4.78 is 0. The number of carbonyl (C=O) groups is 4. The maximum absolute atomic E-state index is 15.1. The van der Waals surface area contributed by atoms with Crippen LogP contribution >= 0.6 is 0 Å². The molecule has 0 fully saturated rings. The molecular formula is C35H44N4O5. The molecule has 44 heavy (non-hydrogen) atoms. The molecule has 0 heterocycles. The molecular weight excluding hydrogens is 556 g/mol. The normalized spacial score (nSPS) is 13.6. The summed E-state index contributed by atoms with van der Waals surface area (Å²) >= 11 is 0. The Bertz CT molecular complexity index is 1300. The highest BCUT2D eigenvalue weighted by Crippen LogP contribution is 2.45. The summed E-state index contributed by atoms with van der Waals surface area (Å²) in [7, 11) is 0. The minimum absolute atomic E-state index is 0.117. The average Bonchev–Trinajstić information content (AvgIpc) is 2.99. The lowest BCUT2D eigenvalue weighted by Gasteiger charge is -2.50. The van der Waals surface area contributed by atoms with Gasteiger partial charge < -0.3 is 26.8 Å². The number of benzene rings is 3. The van der Waals surface area contributed by atoms with Gasteiger partial charge in [0.1, 0.15) is 17.6 Å². The van der Waals surface area contributed by atoms with Crippen LogP contribution in [0.25, 0.3) is 0 Å². The van der Waals surface area contributed by atoms with Gasteiger partial charge in [-0.05, 0) is 41.4 Å². The van der Waals surface area contributed by atoms with E-state index in [0.717, 1.165) is 0 Å². The van der Waals surface area contributed by atoms with Crippen molar-refractivity contribution in [1.29, 1.82) is 0 Å². The van der Waals surface area contributed by atoms with E-state index in [-0.39, 0.29) is 18.8 Å². The van der Waals surface area contributed by atoms with E-state index in [2.05, 4.69) is 5.32 Å². The maximum atomic E-state index is 15.1. The summed E-state index contributed by atoms with van der Waals surface area (Å²) in [6, 6.07) is 24.1. The van der Waals surface area contributed by atoms with Crippen LogP contribution in [-0.2, 0) is 24.7 Å². The number of aliphatic carboxylic acids is 1. The summed E-state index contributed by atoms with van der Waals surface area (Å²) in [6.07, 6.45) is 0.0278. The standard InChI is InChI=1S/C35H44N4O5/c1-23(2)22-28(36)32(41)38-29(20-21-30(37)40)33(42)39(31(24(3)4)34(43)44)35(25-14-8-5-9-15-25,26-16-10-6-11-17-26)27-18-12-7-13-19-27/h5-19,23-24,28-29,31H,20-22,36H2,1-4H3,(H2,37,40)(H,38,41)(H,43,44)/t28-,29-,31-/m0/s1. The first-order valence-corrected chi connectivity index (χ1v) is 15.0. The van der Waals surface area contributed by atoms with Gasteiger partial charge in [-0.15, -0.1) is 0 Å². The van der Waals surface area contributed by atoms with Crippen molar-refractivity contribution in [2.75, 3.05) is 0 Å². The van der Waals surface area contributed by atoms with E-state index in [4.69, 9.17) is 11.5 Å². The van der Waals surface area contributed by atoms with Crippen LogP contribution in [0.5, 0.6) is 0 Å². The van der Waals surface area contributed by atoms with Crippen molar-refractivity contribution in [2.45, 2.75) is 70.6 Å². The Morgan fingerprint density at radius 3 is 1.57 bits per heavy atom.